The molecule has 36 heavy (non-hydrogen) atoms. The zero-order valence-electron chi connectivity index (χ0n) is 21.8. The lowest BCUT2D eigenvalue weighted by Gasteiger charge is -2.28. The molecule has 2 fully saturated rings. The molecule has 0 spiro atoms. The molecule has 2 saturated carbocycles. The molecule has 2 aromatic carbocycles. The quantitative estimate of drug-likeness (QED) is 0.313. The van der Waals surface area contributed by atoms with Gasteiger partial charge in [-0.3, -0.25) is 0 Å². The summed E-state index contributed by atoms with van der Waals surface area (Å²) in [6, 6.07) is 12.5. The second kappa shape index (κ2) is 12.4. The maximum atomic E-state index is 14.7. The number of halogens is 3. The predicted molar refractivity (Wildman–Crippen MR) is 141 cm³/mol. The number of alkyl halides is 2. The highest BCUT2D eigenvalue weighted by molar-refractivity contribution is 5.30. The molecule has 2 aliphatic carbocycles. The maximum Gasteiger partial charge on any atom is 0.386 e. The van der Waals surface area contributed by atoms with E-state index in [2.05, 4.69) is 31.2 Å². The van der Waals surface area contributed by atoms with Gasteiger partial charge in [0, 0.05) is 0 Å². The largest absolute Gasteiger partial charge is 0.386 e. The Morgan fingerprint density at radius 1 is 0.861 bits per heavy atom. The van der Waals surface area contributed by atoms with Crippen molar-refractivity contribution in [2.45, 2.75) is 96.0 Å². The van der Waals surface area contributed by atoms with Crippen LogP contribution in [0.3, 0.4) is 0 Å². The van der Waals surface area contributed by atoms with Gasteiger partial charge in [0.15, 0.2) is 0 Å². The Balaban J connectivity index is 1.28. The summed E-state index contributed by atoms with van der Waals surface area (Å²) < 4.78 is 49.1. The Morgan fingerprint density at radius 2 is 1.47 bits per heavy atom. The van der Waals surface area contributed by atoms with Crippen LogP contribution in [-0.4, -0.2) is 6.61 Å². The molecule has 0 bridgehead atoms. The summed E-state index contributed by atoms with van der Waals surface area (Å²) in [7, 11) is 0. The molecule has 0 amide bonds. The Morgan fingerprint density at radius 3 is 2.08 bits per heavy atom. The van der Waals surface area contributed by atoms with Gasteiger partial charge in [0.05, 0.1) is 12.2 Å². The van der Waals surface area contributed by atoms with Crippen LogP contribution in [-0.2, 0) is 17.3 Å². The predicted octanol–water partition coefficient (Wildman–Crippen LogP) is 9.67. The minimum Gasteiger partial charge on any atom is -0.316 e. The normalized spacial score (nSPS) is 25.4. The van der Waals surface area contributed by atoms with Crippen molar-refractivity contribution in [3.05, 3.63) is 82.7 Å². The zero-order chi connectivity index (χ0) is 25.5. The summed E-state index contributed by atoms with van der Waals surface area (Å²) in [4.78, 5) is 0. The highest BCUT2D eigenvalue weighted by Crippen LogP contribution is 2.39. The van der Waals surface area contributed by atoms with Crippen molar-refractivity contribution in [2.24, 2.45) is 11.8 Å². The molecule has 2 aromatic rings. The van der Waals surface area contributed by atoms with E-state index in [1.807, 2.05) is 19.1 Å². The van der Waals surface area contributed by atoms with Gasteiger partial charge in [-0.05, 0) is 117 Å². The van der Waals surface area contributed by atoms with Crippen LogP contribution in [0.1, 0.15) is 106 Å². The first-order valence-corrected chi connectivity index (χ1v) is 13.9. The van der Waals surface area contributed by atoms with E-state index >= 15 is 0 Å². The van der Waals surface area contributed by atoms with Gasteiger partial charge < -0.3 is 4.74 Å². The molecule has 0 aliphatic heterocycles. The second-order valence-electron chi connectivity index (χ2n) is 10.9. The van der Waals surface area contributed by atoms with Crippen molar-refractivity contribution in [1.82, 2.24) is 0 Å². The lowest BCUT2D eigenvalue weighted by atomic mass is 9.78. The van der Waals surface area contributed by atoms with Gasteiger partial charge in [0.2, 0.25) is 0 Å². The molecule has 1 nitrogen and oxygen atoms in total. The van der Waals surface area contributed by atoms with E-state index in [1.54, 1.807) is 6.07 Å². The average Bonchev–Trinajstić information content (AvgIpc) is 2.89. The molecule has 0 radical (unpaired) electrons. The summed E-state index contributed by atoms with van der Waals surface area (Å²) >= 11 is 0. The van der Waals surface area contributed by atoms with E-state index in [9.17, 15) is 13.2 Å². The van der Waals surface area contributed by atoms with Crippen molar-refractivity contribution in [3.63, 3.8) is 0 Å². The first kappa shape index (κ1) is 27.0. The Bertz CT molecular complexity index is 981. The van der Waals surface area contributed by atoms with Crippen LogP contribution in [0.15, 0.2) is 54.6 Å². The van der Waals surface area contributed by atoms with Crippen molar-refractivity contribution in [3.8, 4) is 0 Å². The SMILES string of the molecule is C/C=C/[C@H]1CC[C@H](c2ccc(C(F)(F)OCCc3ccc([C@H]4CC[C@H](CC)CC4)cc3)c(F)c2)CC1. The number of allylic oxidation sites excluding steroid dienone is 2. The van der Waals surface area contributed by atoms with Gasteiger partial charge >= 0.3 is 6.11 Å². The van der Waals surface area contributed by atoms with Crippen LogP contribution in [0.4, 0.5) is 13.2 Å². The fourth-order valence-corrected chi connectivity index (χ4v) is 6.17. The molecule has 196 valence electrons. The molecule has 4 rings (SSSR count). The van der Waals surface area contributed by atoms with E-state index in [0.717, 1.165) is 42.7 Å². The van der Waals surface area contributed by atoms with Crippen LogP contribution in [0, 0.1) is 17.7 Å². The Labute approximate surface area is 215 Å². The summed E-state index contributed by atoms with van der Waals surface area (Å²) in [5.74, 6) is 1.40. The standard InChI is InChI=1S/C32H41F3O/c1-3-5-24-8-16-28(17-9-24)29-18-19-30(31(33)22-29)32(34,35)36-21-20-25-10-14-27(15-11-25)26-12-6-23(4-2)7-13-26/h3,5,10-11,14-15,18-19,22-24,26,28H,4,6-9,12-13,16-17,20-21H2,1-2H3/b5-3+/t23-,24-,26-,28-. The fourth-order valence-electron chi connectivity index (χ4n) is 6.17. The van der Waals surface area contributed by atoms with E-state index in [-0.39, 0.29) is 12.5 Å². The highest BCUT2D eigenvalue weighted by Gasteiger charge is 2.36. The maximum absolute atomic E-state index is 14.7. The van der Waals surface area contributed by atoms with Crippen molar-refractivity contribution in [1.29, 1.82) is 0 Å². The number of ether oxygens (including phenoxy) is 1. The third-order valence-electron chi connectivity index (χ3n) is 8.56. The lowest BCUT2D eigenvalue weighted by molar-refractivity contribution is -0.249. The Hall–Kier alpha value is -2.07. The molecule has 0 atom stereocenters. The zero-order valence-corrected chi connectivity index (χ0v) is 21.8. The van der Waals surface area contributed by atoms with Gasteiger partial charge in [-0.1, -0.05) is 55.8 Å². The molecule has 0 N–H and O–H groups in total. The minimum atomic E-state index is -3.65. The first-order valence-electron chi connectivity index (χ1n) is 13.9. The van der Waals surface area contributed by atoms with E-state index < -0.39 is 17.5 Å². The van der Waals surface area contributed by atoms with Gasteiger partial charge in [0.1, 0.15) is 5.82 Å². The van der Waals surface area contributed by atoms with Crippen molar-refractivity contribution < 1.29 is 17.9 Å². The smallest absolute Gasteiger partial charge is 0.316 e. The second-order valence-corrected chi connectivity index (χ2v) is 10.9. The van der Waals surface area contributed by atoms with Crippen LogP contribution in [0.2, 0.25) is 0 Å². The van der Waals surface area contributed by atoms with Crippen LogP contribution in [0.25, 0.3) is 0 Å². The Kier molecular flexibility index (Phi) is 9.33. The molecule has 0 saturated heterocycles. The van der Waals surface area contributed by atoms with E-state index in [0.29, 0.717) is 18.3 Å². The summed E-state index contributed by atoms with van der Waals surface area (Å²) in [5, 5.41) is 0. The molecule has 2 aliphatic rings. The van der Waals surface area contributed by atoms with Gasteiger partial charge in [0.25, 0.3) is 0 Å². The van der Waals surface area contributed by atoms with Crippen LogP contribution in [0.5, 0.6) is 0 Å². The summed E-state index contributed by atoms with van der Waals surface area (Å²) in [6.45, 7) is 4.13. The van der Waals surface area contributed by atoms with Crippen molar-refractivity contribution in [2.75, 3.05) is 6.61 Å². The molecule has 0 heterocycles. The summed E-state index contributed by atoms with van der Waals surface area (Å²) in [6.07, 6.45) is 11.4. The third-order valence-corrected chi connectivity index (χ3v) is 8.56. The topological polar surface area (TPSA) is 9.23 Å². The molecule has 0 unspecified atom stereocenters. The van der Waals surface area contributed by atoms with Crippen molar-refractivity contribution >= 4 is 0 Å². The van der Waals surface area contributed by atoms with Gasteiger partial charge in [-0.15, -0.1) is 0 Å². The van der Waals surface area contributed by atoms with Gasteiger partial charge in [-0.2, -0.15) is 8.78 Å². The fraction of sp³-hybridized carbons (Fsp3) is 0.562. The highest BCUT2D eigenvalue weighted by atomic mass is 19.3. The number of hydrogen-bond donors (Lipinski definition) is 0. The molecular weight excluding hydrogens is 457 g/mol. The third kappa shape index (κ3) is 6.82. The monoisotopic (exact) mass is 498 g/mol. The molecule has 0 aromatic heterocycles. The number of benzene rings is 2. The van der Waals surface area contributed by atoms with Crippen LogP contribution >= 0.6 is 0 Å². The van der Waals surface area contributed by atoms with E-state index in [1.165, 1.54) is 49.8 Å². The van der Waals surface area contributed by atoms with E-state index in [4.69, 9.17) is 4.74 Å². The minimum absolute atomic E-state index is 0.163. The van der Waals surface area contributed by atoms with Crippen LogP contribution < -0.4 is 0 Å². The number of rotatable bonds is 9. The first-order chi connectivity index (χ1) is 17.4. The number of hydrogen-bond acceptors (Lipinski definition) is 1. The molecule has 4 heteroatoms. The average molecular weight is 499 g/mol. The van der Waals surface area contributed by atoms with Gasteiger partial charge in [-0.25, -0.2) is 4.39 Å². The summed E-state index contributed by atoms with van der Waals surface area (Å²) in [5.41, 5.74) is 2.44. The molecular formula is C32H41F3O. The lowest BCUT2D eigenvalue weighted by Crippen LogP contribution is -2.22.